The topological polar surface area (TPSA) is 160 Å². The molecule has 0 fully saturated rings. The average molecular weight is 224 g/mol. The van der Waals surface area contributed by atoms with E-state index in [1.165, 1.54) is 0 Å². The van der Waals surface area contributed by atoms with Crippen molar-refractivity contribution in [2.45, 2.75) is 0 Å². The van der Waals surface area contributed by atoms with Gasteiger partial charge in [0.15, 0.2) is 0 Å². The maximum absolute atomic E-state index is 8.48. The molecule has 0 bridgehead atoms. The molecule has 0 aliphatic heterocycles. The molecule has 0 amide bonds. The molecule has 0 unspecified atom stereocenters. The first kappa shape index (κ1) is 29.3. The summed E-state index contributed by atoms with van der Waals surface area (Å²) in [5.41, 5.74) is 0. The van der Waals surface area contributed by atoms with Gasteiger partial charge in [-0.2, -0.15) is 0 Å². The van der Waals surface area contributed by atoms with Crippen LogP contribution in [0.5, 0.6) is 0 Å². The summed E-state index contributed by atoms with van der Waals surface area (Å²) in [7, 11) is 0. The summed E-state index contributed by atoms with van der Waals surface area (Å²) in [6.45, 7) is 1.75. The molecule has 0 spiro atoms. The van der Waals surface area contributed by atoms with Gasteiger partial charge in [0.25, 0.3) is 0 Å². The van der Waals surface area contributed by atoms with Gasteiger partial charge in [-0.25, -0.2) is 0 Å². The summed E-state index contributed by atoms with van der Waals surface area (Å²) in [6, 6.07) is 0. The second kappa shape index (κ2) is 23.5. The van der Waals surface area contributed by atoms with Crippen molar-refractivity contribution < 1.29 is 55.8 Å². The minimum atomic E-state index is 0. The van der Waals surface area contributed by atoms with Crippen LogP contribution in [0.25, 0.3) is 0 Å². The van der Waals surface area contributed by atoms with Crippen molar-refractivity contribution in [1.82, 2.24) is 11.1 Å². The van der Waals surface area contributed by atoms with Gasteiger partial charge in [-0.1, -0.05) is 0 Å². The fraction of sp³-hybridized carbons (Fsp3) is 1.00. The summed E-state index contributed by atoms with van der Waals surface area (Å²) >= 11 is 0. The Kier molecular flexibility index (Phi) is 49.2. The molecule has 14 heavy (non-hydrogen) atoms. The van der Waals surface area contributed by atoms with Crippen LogP contribution in [0.1, 0.15) is 0 Å². The predicted molar refractivity (Wildman–Crippen MR) is 48.3 cm³/mol. The molecule has 0 radical (unpaired) electrons. The first-order chi connectivity index (χ1) is 4.85. The number of aliphatic hydroxyl groups is 3. The van der Waals surface area contributed by atoms with Gasteiger partial charge in [-0.05, 0) is 0 Å². The van der Waals surface area contributed by atoms with Crippen LogP contribution in [-0.4, -0.2) is 70.6 Å². The van der Waals surface area contributed by atoms with Crippen LogP contribution in [0.15, 0.2) is 0 Å². The van der Waals surface area contributed by atoms with E-state index in [9.17, 15) is 0 Å². The molecule has 8 heteroatoms. The third kappa shape index (κ3) is 18.5. The van der Waals surface area contributed by atoms with Crippen molar-refractivity contribution in [3.05, 3.63) is 0 Å². The number of rotatable bonds is 6. The molecule has 0 saturated carbocycles. The molecule has 0 rings (SSSR count). The monoisotopic (exact) mass is 224 g/mol. The standard InChI is InChI=1S/C6H15NO3.H3N.Na.2H2O/c8-4-1-7(2-5-9)3-6-10;;;;/h8-10H,1-6H2;1H3;;2*1H2/q;;+1;;/p-1. The fourth-order valence-corrected chi connectivity index (χ4v) is 0.760. The number of aliphatic hydroxyl groups excluding tert-OH is 3. The SMILES string of the molecule is N.O.OCCN(CCO)CCO.[Na+].[OH-]. The molecular formula is C6H21N2NaO5. The average Bonchev–Trinajstić information content (AvgIpc) is 1.90. The molecule has 0 aromatic heterocycles. The molecule has 0 aliphatic carbocycles. The smallest absolute Gasteiger partial charge is 0.870 e. The van der Waals surface area contributed by atoms with Crippen molar-refractivity contribution in [1.29, 1.82) is 0 Å². The Morgan fingerprint density at radius 2 is 1.00 bits per heavy atom. The number of nitrogens with zero attached hydrogens (tertiary/aromatic N) is 1. The molecule has 0 aliphatic rings. The Bertz CT molecular complexity index is 67.0. The molecule has 7 nitrogen and oxygen atoms in total. The van der Waals surface area contributed by atoms with Gasteiger partial charge in [-0.15, -0.1) is 0 Å². The van der Waals surface area contributed by atoms with Crippen molar-refractivity contribution in [2.75, 3.05) is 39.5 Å². The Labute approximate surface area is 106 Å². The van der Waals surface area contributed by atoms with E-state index in [1.807, 2.05) is 0 Å². The van der Waals surface area contributed by atoms with Gasteiger partial charge < -0.3 is 32.4 Å². The summed E-state index contributed by atoms with van der Waals surface area (Å²) < 4.78 is 0. The normalized spacial score (nSPS) is 7.71. The minimum absolute atomic E-state index is 0. The van der Waals surface area contributed by atoms with E-state index in [-0.39, 0.29) is 66.5 Å². The Balaban J connectivity index is -0.0000000675. The van der Waals surface area contributed by atoms with E-state index < -0.39 is 0 Å². The Hall–Kier alpha value is 0.720. The van der Waals surface area contributed by atoms with Gasteiger partial charge in [0.2, 0.25) is 0 Å². The van der Waals surface area contributed by atoms with Gasteiger partial charge in [0.05, 0.1) is 19.8 Å². The second-order valence-electron chi connectivity index (χ2n) is 2.01. The Morgan fingerprint density at radius 3 is 1.14 bits per heavy atom. The first-order valence-corrected chi connectivity index (χ1v) is 3.40. The molecule has 0 atom stereocenters. The quantitative estimate of drug-likeness (QED) is 0.329. The number of hydrogen-bond acceptors (Lipinski definition) is 6. The summed E-state index contributed by atoms with van der Waals surface area (Å²) in [6.07, 6.45) is 0. The van der Waals surface area contributed by atoms with E-state index in [0.29, 0.717) is 19.6 Å². The minimum Gasteiger partial charge on any atom is -0.870 e. The van der Waals surface area contributed by atoms with E-state index >= 15 is 0 Å². The van der Waals surface area contributed by atoms with Crippen molar-refractivity contribution in [3.63, 3.8) is 0 Å². The van der Waals surface area contributed by atoms with Crippen LogP contribution in [0.3, 0.4) is 0 Å². The summed E-state index contributed by atoms with van der Waals surface area (Å²) in [5.74, 6) is 0. The maximum atomic E-state index is 8.48. The van der Waals surface area contributed by atoms with Crippen LogP contribution in [0.4, 0.5) is 0 Å². The van der Waals surface area contributed by atoms with Gasteiger partial charge in [0, 0.05) is 19.6 Å². The zero-order valence-corrected chi connectivity index (χ0v) is 10.7. The van der Waals surface area contributed by atoms with Crippen LogP contribution in [0.2, 0.25) is 0 Å². The molecule has 9 N–H and O–H groups in total. The number of hydrogen-bond donors (Lipinski definition) is 4. The van der Waals surface area contributed by atoms with Crippen LogP contribution < -0.4 is 35.7 Å². The zero-order chi connectivity index (χ0) is 7.82. The molecule has 0 saturated heterocycles. The first-order valence-electron chi connectivity index (χ1n) is 3.40. The molecule has 0 aromatic rings. The van der Waals surface area contributed by atoms with E-state index in [1.54, 1.807) is 4.90 Å². The maximum Gasteiger partial charge on any atom is 1.00 e. The second-order valence-corrected chi connectivity index (χ2v) is 2.01. The predicted octanol–water partition coefficient (Wildman–Crippen LogP) is -5.57. The molecule has 0 aromatic carbocycles. The van der Waals surface area contributed by atoms with Crippen LogP contribution >= 0.6 is 0 Å². The van der Waals surface area contributed by atoms with Gasteiger partial charge in [0.1, 0.15) is 0 Å². The van der Waals surface area contributed by atoms with Crippen molar-refractivity contribution in [2.24, 2.45) is 0 Å². The van der Waals surface area contributed by atoms with E-state index in [4.69, 9.17) is 15.3 Å². The third-order valence-electron chi connectivity index (χ3n) is 1.25. The largest absolute Gasteiger partial charge is 1.00 e. The van der Waals surface area contributed by atoms with Crippen molar-refractivity contribution >= 4 is 0 Å². The van der Waals surface area contributed by atoms with Gasteiger partial charge in [-0.3, -0.25) is 4.90 Å². The molecular weight excluding hydrogens is 203 g/mol. The van der Waals surface area contributed by atoms with Crippen LogP contribution in [0, 0.1) is 0 Å². The van der Waals surface area contributed by atoms with Crippen LogP contribution in [-0.2, 0) is 0 Å². The van der Waals surface area contributed by atoms with Crippen molar-refractivity contribution in [3.8, 4) is 0 Å². The third-order valence-corrected chi connectivity index (χ3v) is 1.25. The van der Waals surface area contributed by atoms with E-state index in [0.717, 1.165) is 0 Å². The summed E-state index contributed by atoms with van der Waals surface area (Å²) in [5, 5.41) is 25.5. The summed E-state index contributed by atoms with van der Waals surface area (Å²) in [4.78, 5) is 1.79. The molecule has 0 heterocycles. The molecule has 86 valence electrons. The fourth-order valence-electron chi connectivity index (χ4n) is 0.760. The van der Waals surface area contributed by atoms with Gasteiger partial charge >= 0.3 is 29.6 Å². The zero-order valence-electron chi connectivity index (χ0n) is 8.69. The van der Waals surface area contributed by atoms with E-state index in [2.05, 4.69) is 0 Å². The Morgan fingerprint density at radius 1 is 0.786 bits per heavy atom.